The average molecular weight is 205 g/mol. The molecule has 0 saturated heterocycles. The molecule has 0 radical (unpaired) electrons. The fraction of sp³-hybridized carbons (Fsp3) is 0.300. The highest BCUT2D eigenvalue weighted by atomic mass is 32.1. The number of rotatable bonds is 2. The normalized spacial score (nSPS) is 10.8. The third-order valence-electron chi connectivity index (χ3n) is 1.87. The monoisotopic (exact) mass is 205 g/mol. The van der Waals surface area contributed by atoms with Gasteiger partial charge < -0.3 is 0 Å². The van der Waals surface area contributed by atoms with Crippen LogP contribution in [-0.4, -0.2) is 15.0 Å². The summed E-state index contributed by atoms with van der Waals surface area (Å²) in [5.74, 6) is 1.17. The Balaban J connectivity index is 2.34. The fourth-order valence-electron chi connectivity index (χ4n) is 1.06. The maximum Gasteiger partial charge on any atom is 0.188 e. The van der Waals surface area contributed by atoms with Gasteiger partial charge in [0.2, 0.25) is 0 Å². The van der Waals surface area contributed by atoms with Crippen molar-refractivity contribution < 1.29 is 0 Å². The Morgan fingerprint density at radius 1 is 1.21 bits per heavy atom. The van der Waals surface area contributed by atoms with Gasteiger partial charge in [-0.25, -0.2) is 15.0 Å². The third-order valence-corrected chi connectivity index (χ3v) is 2.73. The summed E-state index contributed by atoms with van der Waals surface area (Å²) >= 11 is 1.59. The molecule has 4 heteroatoms. The van der Waals surface area contributed by atoms with Crippen molar-refractivity contribution in [3.63, 3.8) is 0 Å². The van der Waals surface area contributed by atoms with Crippen LogP contribution in [0.1, 0.15) is 25.5 Å². The molecular formula is C10H11N3S. The Labute approximate surface area is 86.9 Å². The molecule has 72 valence electrons. The number of hydrogen-bond acceptors (Lipinski definition) is 4. The number of hydrogen-bond donors (Lipinski definition) is 0. The molecule has 2 aromatic heterocycles. The first-order valence-electron chi connectivity index (χ1n) is 4.50. The zero-order chi connectivity index (χ0) is 9.97. The average Bonchev–Trinajstić information content (AvgIpc) is 2.68. The predicted molar refractivity (Wildman–Crippen MR) is 57.2 cm³/mol. The van der Waals surface area contributed by atoms with E-state index >= 15 is 0 Å². The highest BCUT2D eigenvalue weighted by molar-refractivity contribution is 7.13. The molecule has 0 aliphatic carbocycles. The molecule has 0 unspecified atom stereocenters. The first-order chi connectivity index (χ1) is 6.77. The second-order valence-corrected chi connectivity index (χ2v) is 4.16. The zero-order valence-corrected chi connectivity index (χ0v) is 8.95. The van der Waals surface area contributed by atoms with Gasteiger partial charge in [0.15, 0.2) is 10.8 Å². The van der Waals surface area contributed by atoms with Crippen LogP contribution in [0.4, 0.5) is 0 Å². The molecule has 0 atom stereocenters. The van der Waals surface area contributed by atoms with Crippen LogP contribution in [0.2, 0.25) is 0 Å². The molecule has 0 N–H and O–H groups in total. The van der Waals surface area contributed by atoms with E-state index in [0.717, 1.165) is 10.7 Å². The molecular weight excluding hydrogens is 194 g/mol. The van der Waals surface area contributed by atoms with E-state index < -0.39 is 0 Å². The van der Waals surface area contributed by atoms with Crippen LogP contribution in [0.25, 0.3) is 10.8 Å². The maximum atomic E-state index is 4.47. The second-order valence-electron chi connectivity index (χ2n) is 3.30. The van der Waals surface area contributed by atoms with Crippen molar-refractivity contribution in [1.29, 1.82) is 0 Å². The smallest absolute Gasteiger partial charge is 0.188 e. The first kappa shape index (κ1) is 9.27. The molecule has 0 bridgehead atoms. The standard InChI is InChI=1S/C10H11N3S/c1-7(2)8-6-14-10(13-8)9-11-4-3-5-12-9/h3-7H,1-2H3. The van der Waals surface area contributed by atoms with Crippen LogP contribution >= 0.6 is 11.3 Å². The molecule has 0 aliphatic rings. The lowest BCUT2D eigenvalue weighted by molar-refractivity contribution is 0.833. The lowest BCUT2D eigenvalue weighted by atomic mass is 10.2. The molecule has 3 nitrogen and oxygen atoms in total. The zero-order valence-electron chi connectivity index (χ0n) is 8.14. The van der Waals surface area contributed by atoms with Crippen LogP contribution in [0, 0.1) is 0 Å². The van der Waals surface area contributed by atoms with Gasteiger partial charge in [0.1, 0.15) is 0 Å². The molecule has 2 aromatic rings. The van der Waals surface area contributed by atoms with Gasteiger partial charge in [-0.3, -0.25) is 0 Å². The largest absolute Gasteiger partial charge is 0.237 e. The topological polar surface area (TPSA) is 38.7 Å². The highest BCUT2D eigenvalue weighted by Gasteiger charge is 2.08. The Kier molecular flexibility index (Phi) is 2.54. The summed E-state index contributed by atoms with van der Waals surface area (Å²) in [6.45, 7) is 4.26. The van der Waals surface area contributed by atoms with E-state index in [1.54, 1.807) is 29.8 Å². The van der Waals surface area contributed by atoms with Crippen molar-refractivity contribution in [3.05, 3.63) is 29.5 Å². The van der Waals surface area contributed by atoms with Gasteiger partial charge in [0, 0.05) is 17.8 Å². The Hall–Kier alpha value is -1.29. The van der Waals surface area contributed by atoms with Gasteiger partial charge >= 0.3 is 0 Å². The van der Waals surface area contributed by atoms with E-state index in [2.05, 4.69) is 34.2 Å². The molecule has 0 spiro atoms. The van der Waals surface area contributed by atoms with Crippen LogP contribution in [0.3, 0.4) is 0 Å². The lowest BCUT2D eigenvalue weighted by Gasteiger charge is -1.96. The molecule has 0 aromatic carbocycles. The van der Waals surface area contributed by atoms with E-state index in [9.17, 15) is 0 Å². The molecule has 0 fully saturated rings. The molecule has 14 heavy (non-hydrogen) atoms. The third kappa shape index (κ3) is 1.80. The van der Waals surface area contributed by atoms with Crippen molar-refractivity contribution >= 4 is 11.3 Å². The summed E-state index contributed by atoms with van der Waals surface area (Å²) in [5.41, 5.74) is 1.11. The van der Waals surface area contributed by atoms with Gasteiger partial charge in [-0.1, -0.05) is 13.8 Å². The van der Waals surface area contributed by atoms with Gasteiger partial charge in [-0.05, 0) is 12.0 Å². The van der Waals surface area contributed by atoms with Crippen molar-refractivity contribution in [3.8, 4) is 10.8 Å². The van der Waals surface area contributed by atoms with Gasteiger partial charge in [0.05, 0.1) is 5.69 Å². The Morgan fingerprint density at radius 3 is 2.50 bits per heavy atom. The van der Waals surface area contributed by atoms with Crippen molar-refractivity contribution in [2.24, 2.45) is 0 Å². The summed E-state index contributed by atoms with van der Waals surface area (Å²) in [6, 6.07) is 1.81. The summed E-state index contributed by atoms with van der Waals surface area (Å²) in [5, 5.41) is 2.96. The maximum absolute atomic E-state index is 4.47. The number of aromatic nitrogens is 3. The predicted octanol–water partition coefficient (Wildman–Crippen LogP) is 2.72. The van der Waals surface area contributed by atoms with Crippen LogP contribution in [0.15, 0.2) is 23.8 Å². The fourth-order valence-corrected chi connectivity index (χ4v) is 1.99. The van der Waals surface area contributed by atoms with E-state index in [-0.39, 0.29) is 0 Å². The molecule has 0 aliphatic heterocycles. The van der Waals surface area contributed by atoms with E-state index in [1.165, 1.54) is 0 Å². The summed E-state index contributed by atoms with van der Waals surface area (Å²) < 4.78 is 0. The van der Waals surface area contributed by atoms with Crippen molar-refractivity contribution in [1.82, 2.24) is 15.0 Å². The van der Waals surface area contributed by atoms with Crippen LogP contribution < -0.4 is 0 Å². The lowest BCUT2D eigenvalue weighted by Crippen LogP contribution is -1.89. The van der Waals surface area contributed by atoms with Crippen molar-refractivity contribution in [2.45, 2.75) is 19.8 Å². The van der Waals surface area contributed by atoms with Gasteiger partial charge in [-0.15, -0.1) is 11.3 Å². The van der Waals surface area contributed by atoms with Gasteiger partial charge in [0.25, 0.3) is 0 Å². The second kappa shape index (κ2) is 3.84. The van der Waals surface area contributed by atoms with E-state index in [4.69, 9.17) is 0 Å². The molecule has 0 amide bonds. The Bertz CT molecular complexity index is 408. The quantitative estimate of drug-likeness (QED) is 0.756. The minimum absolute atomic E-state index is 0.462. The number of thiazole rings is 1. The highest BCUT2D eigenvalue weighted by Crippen LogP contribution is 2.23. The summed E-state index contributed by atoms with van der Waals surface area (Å²) in [4.78, 5) is 12.8. The molecule has 0 saturated carbocycles. The first-order valence-corrected chi connectivity index (χ1v) is 5.38. The number of nitrogens with zero attached hydrogens (tertiary/aromatic N) is 3. The molecule has 2 heterocycles. The van der Waals surface area contributed by atoms with Crippen LogP contribution in [0.5, 0.6) is 0 Å². The van der Waals surface area contributed by atoms with Crippen LogP contribution in [-0.2, 0) is 0 Å². The van der Waals surface area contributed by atoms with Crippen molar-refractivity contribution in [2.75, 3.05) is 0 Å². The minimum Gasteiger partial charge on any atom is -0.237 e. The van der Waals surface area contributed by atoms with Gasteiger partial charge in [-0.2, -0.15) is 0 Å². The minimum atomic E-state index is 0.462. The van der Waals surface area contributed by atoms with E-state index in [1.807, 2.05) is 0 Å². The van der Waals surface area contributed by atoms with E-state index in [0.29, 0.717) is 11.7 Å². The Morgan fingerprint density at radius 2 is 1.93 bits per heavy atom. The summed E-state index contributed by atoms with van der Waals surface area (Å²) in [6.07, 6.45) is 3.47. The molecule has 2 rings (SSSR count). The summed E-state index contributed by atoms with van der Waals surface area (Å²) in [7, 11) is 0. The SMILES string of the molecule is CC(C)c1csc(-c2ncccn2)n1.